The van der Waals surface area contributed by atoms with E-state index in [2.05, 4.69) is 31.9 Å². The zero-order valence-corrected chi connectivity index (χ0v) is 32.8. The molecule has 0 aliphatic rings. The highest BCUT2D eigenvalue weighted by molar-refractivity contribution is 7.91. The molecule has 59 heavy (non-hydrogen) atoms. The molecule has 0 bridgehead atoms. The first-order valence-electron chi connectivity index (χ1n) is 18.2. The molecular weight excluding hydrogens is 773 g/mol. The van der Waals surface area contributed by atoms with E-state index >= 15 is 0 Å². The molecule has 14 nitrogen and oxygen atoms in total. The molecule has 15 heteroatoms. The molecule has 0 aromatic heterocycles. The number of aryl methyl sites for hydroxylation is 2. The van der Waals surface area contributed by atoms with E-state index in [4.69, 9.17) is 9.47 Å². The molecule has 6 rings (SSSR count). The summed E-state index contributed by atoms with van der Waals surface area (Å²) in [6.07, 6.45) is -1.30. The second-order valence-electron chi connectivity index (χ2n) is 13.1. The number of ether oxygens (including phenoxy) is 2. The minimum Gasteiger partial charge on any atom is -0.444 e. The van der Waals surface area contributed by atoms with Crippen LogP contribution in [0.3, 0.4) is 0 Å². The van der Waals surface area contributed by atoms with Crippen molar-refractivity contribution in [1.82, 2.24) is 0 Å². The van der Waals surface area contributed by atoms with Crippen molar-refractivity contribution in [2.75, 3.05) is 31.9 Å². The van der Waals surface area contributed by atoms with E-state index < -0.39 is 34.1 Å². The molecule has 0 spiro atoms. The van der Waals surface area contributed by atoms with Crippen molar-refractivity contribution in [1.29, 1.82) is 0 Å². The fourth-order valence-electron chi connectivity index (χ4n) is 5.56. The molecule has 0 aliphatic heterocycles. The van der Waals surface area contributed by atoms with Crippen LogP contribution in [0, 0.1) is 13.8 Å². The van der Waals surface area contributed by atoms with Gasteiger partial charge in [-0.05, 0) is 109 Å². The van der Waals surface area contributed by atoms with Gasteiger partial charge in [0.15, 0.2) is 0 Å². The van der Waals surface area contributed by atoms with Crippen LogP contribution in [-0.2, 0) is 32.5 Å². The molecule has 0 fully saturated rings. The van der Waals surface area contributed by atoms with Crippen molar-refractivity contribution in [3.05, 3.63) is 168 Å². The molecule has 6 N–H and O–H groups in total. The second kappa shape index (κ2) is 19.0. The summed E-state index contributed by atoms with van der Waals surface area (Å²) in [4.78, 5) is 50.4. The number of carbonyl (C=O) groups excluding carboxylic acids is 4. The van der Waals surface area contributed by atoms with Crippen LogP contribution in [0.4, 0.5) is 53.3 Å². The van der Waals surface area contributed by atoms with Gasteiger partial charge in [-0.15, -0.1) is 0 Å². The van der Waals surface area contributed by atoms with Crippen molar-refractivity contribution < 1.29 is 37.1 Å². The first-order chi connectivity index (χ1) is 28.4. The first-order valence-corrected chi connectivity index (χ1v) is 19.7. The molecule has 0 heterocycles. The summed E-state index contributed by atoms with van der Waals surface area (Å²) in [7, 11) is -3.95. The minimum atomic E-state index is -3.95. The Morgan fingerprint density at radius 3 is 1.17 bits per heavy atom. The van der Waals surface area contributed by atoms with E-state index in [0.717, 1.165) is 22.3 Å². The van der Waals surface area contributed by atoms with Crippen LogP contribution < -0.4 is 31.9 Å². The fourth-order valence-corrected chi connectivity index (χ4v) is 6.82. The van der Waals surface area contributed by atoms with Crippen LogP contribution in [0.25, 0.3) is 0 Å². The molecular formula is C44H40N6O8S. The molecule has 6 aromatic carbocycles. The summed E-state index contributed by atoms with van der Waals surface area (Å²) in [5, 5.41) is 16.1. The lowest BCUT2D eigenvalue weighted by Gasteiger charge is -2.13. The van der Waals surface area contributed by atoms with Gasteiger partial charge in [-0.3, -0.25) is 10.6 Å². The Balaban J connectivity index is 0.988. The zero-order chi connectivity index (χ0) is 41.8. The number of anilines is 6. The molecule has 0 unspecified atom stereocenters. The summed E-state index contributed by atoms with van der Waals surface area (Å²) in [5.74, 6) is 0. The Morgan fingerprint density at radius 2 is 0.797 bits per heavy atom. The highest BCUT2D eigenvalue weighted by atomic mass is 32.2. The van der Waals surface area contributed by atoms with Crippen LogP contribution in [0.1, 0.15) is 22.3 Å². The maximum absolute atomic E-state index is 13.4. The minimum absolute atomic E-state index is 0.0106. The number of sulfone groups is 1. The molecule has 300 valence electrons. The van der Waals surface area contributed by atoms with Gasteiger partial charge in [0.2, 0.25) is 9.84 Å². The van der Waals surface area contributed by atoms with Gasteiger partial charge in [0.1, 0.15) is 13.2 Å². The van der Waals surface area contributed by atoms with Crippen molar-refractivity contribution in [2.45, 2.75) is 36.9 Å². The lowest BCUT2D eigenvalue weighted by atomic mass is 10.2. The van der Waals surface area contributed by atoms with Gasteiger partial charge >= 0.3 is 24.2 Å². The van der Waals surface area contributed by atoms with Gasteiger partial charge < -0.3 is 30.7 Å². The highest BCUT2D eigenvalue weighted by Crippen LogP contribution is 2.26. The Kier molecular flexibility index (Phi) is 13.2. The molecule has 0 saturated heterocycles. The average molecular weight is 813 g/mol. The predicted molar refractivity (Wildman–Crippen MR) is 226 cm³/mol. The number of benzene rings is 6. The van der Waals surface area contributed by atoms with E-state index in [1.165, 1.54) is 48.5 Å². The first kappa shape index (κ1) is 41.0. The van der Waals surface area contributed by atoms with Crippen molar-refractivity contribution in [3.63, 3.8) is 0 Å². The van der Waals surface area contributed by atoms with Crippen LogP contribution in [-0.4, -0.2) is 32.7 Å². The number of rotatable bonds is 12. The summed E-state index contributed by atoms with van der Waals surface area (Å²) >= 11 is 0. The molecule has 6 amide bonds. The molecule has 0 aliphatic carbocycles. The summed E-state index contributed by atoms with van der Waals surface area (Å²) in [6, 6.07) is 38.7. The van der Waals surface area contributed by atoms with E-state index in [0.29, 0.717) is 34.1 Å². The lowest BCUT2D eigenvalue weighted by molar-refractivity contribution is 0.154. The third kappa shape index (κ3) is 11.7. The maximum Gasteiger partial charge on any atom is 0.411 e. The number of carbonyl (C=O) groups is 4. The van der Waals surface area contributed by atoms with Crippen LogP contribution >= 0.6 is 0 Å². The van der Waals surface area contributed by atoms with E-state index in [1.807, 2.05) is 60.7 Å². The monoisotopic (exact) mass is 812 g/mol. The fraction of sp³-hybridized carbons (Fsp3) is 0.0909. The molecule has 0 radical (unpaired) electrons. The number of nitrogens with one attached hydrogen (secondary N) is 6. The van der Waals surface area contributed by atoms with Gasteiger partial charge in [-0.2, -0.15) is 0 Å². The highest BCUT2D eigenvalue weighted by Gasteiger charge is 2.19. The zero-order valence-electron chi connectivity index (χ0n) is 31.9. The Bertz CT molecular complexity index is 2380. The number of hydrogen-bond donors (Lipinski definition) is 6. The quantitative estimate of drug-likeness (QED) is 0.0703. The third-order valence-electron chi connectivity index (χ3n) is 8.73. The average Bonchev–Trinajstić information content (AvgIpc) is 3.23. The number of amides is 6. The third-order valence-corrected chi connectivity index (χ3v) is 10.5. The second-order valence-corrected chi connectivity index (χ2v) is 15.1. The summed E-state index contributed by atoms with van der Waals surface area (Å²) in [5.41, 5.74) is 5.53. The summed E-state index contributed by atoms with van der Waals surface area (Å²) < 4.78 is 37.4. The predicted octanol–water partition coefficient (Wildman–Crippen LogP) is 9.92. The lowest BCUT2D eigenvalue weighted by Crippen LogP contribution is -2.20. The molecule has 6 aromatic rings. The molecule has 0 saturated carbocycles. The normalized spacial score (nSPS) is 10.7. The van der Waals surface area contributed by atoms with Crippen molar-refractivity contribution >= 4 is 68.2 Å². The largest absolute Gasteiger partial charge is 0.444 e. The van der Waals surface area contributed by atoms with Gasteiger partial charge in [0.05, 0.1) is 9.79 Å². The van der Waals surface area contributed by atoms with E-state index in [1.54, 1.807) is 50.2 Å². The SMILES string of the molecule is Cc1ccc(NC(=O)OCc2ccccc2)cc1NC(=O)Nc1ccc(S(=O)(=O)c2ccc(NC(=O)Nc3cc(NC(=O)OCc4ccccc4)ccc3C)cc2)cc1. The van der Waals surface area contributed by atoms with Crippen LogP contribution in [0.5, 0.6) is 0 Å². The van der Waals surface area contributed by atoms with Gasteiger partial charge in [0, 0.05) is 34.1 Å². The summed E-state index contributed by atoms with van der Waals surface area (Å²) in [6.45, 7) is 3.79. The molecule has 0 atom stereocenters. The topological polar surface area (TPSA) is 193 Å². The standard InChI is InChI=1S/C44H40N6O8S/c1-29-13-15-35(47-43(53)57-27-31-9-5-3-6-10-31)25-39(29)49-41(51)45-33-17-21-37(22-18-33)59(55,56)38-23-19-34(20-24-38)46-42(52)50-40-26-36(16-14-30(40)2)48-44(54)58-28-32-11-7-4-8-12-32/h3-26H,27-28H2,1-2H3,(H,47,53)(H,48,54)(H2,45,49,51)(H2,46,50,52). The van der Waals surface area contributed by atoms with Gasteiger partial charge in [0.25, 0.3) is 0 Å². The Labute approximate surface area is 340 Å². The van der Waals surface area contributed by atoms with Crippen molar-refractivity contribution in [3.8, 4) is 0 Å². The maximum atomic E-state index is 13.4. The Hall–Kier alpha value is -7.65. The smallest absolute Gasteiger partial charge is 0.411 e. The number of hydrogen-bond acceptors (Lipinski definition) is 8. The van der Waals surface area contributed by atoms with E-state index in [-0.39, 0.29) is 23.0 Å². The van der Waals surface area contributed by atoms with E-state index in [9.17, 15) is 27.6 Å². The van der Waals surface area contributed by atoms with Gasteiger partial charge in [-0.1, -0.05) is 72.8 Å². The van der Waals surface area contributed by atoms with Crippen LogP contribution in [0.15, 0.2) is 155 Å². The Morgan fingerprint density at radius 1 is 0.441 bits per heavy atom. The van der Waals surface area contributed by atoms with Crippen LogP contribution in [0.2, 0.25) is 0 Å². The van der Waals surface area contributed by atoms with Crippen molar-refractivity contribution in [2.24, 2.45) is 0 Å². The number of urea groups is 2. The van der Waals surface area contributed by atoms with Gasteiger partial charge in [-0.25, -0.2) is 27.6 Å².